The van der Waals surface area contributed by atoms with Crippen LogP contribution < -0.4 is 5.32 Å². The zero-order valence-corrected chi connectivity index (χ0v) is 19.3. The molecule has 186 valence electrons. The fraction of sp³-hybridized carbons (Fsp3) is 0.750. The van der Waals surface area contributed by atoms with Gasteiger partial charge in [0.2, 0.25) is 5.91 Å². The second-order valence-corrected chi connectivity index (χ2v) is 8.06. The fourth-order valence-electron chi connectivity index (χ4n) is 3.00. The number of nitrogens with one attached hydrogen (secondary N) is 1. The van der Waals surface area contributed by atoms with Crippen molar-refractivity contribution in [1.29, 1.82) is 0 Å². The number of allylic oxidation sites excluding steroid dienone is 2. The van der Waals surface area contributed by atoms with E-state index in [9.17, 15) is 19.8 Å². The van der Waals surface area contributed by atoms with Gasteiger partial charge in [0.1, 0.15) is 12.1 Å². The van der Waals surface area contributed by atoms with E-state index in [1.165, 1.54) is 12.2 Å². The molecule has 8 heteroatoms. The van der Waals surface area contributed by atoms with Gasteiger partial charge in [-0.15, -0.1) is 0 Å². The quantitative estimate of drug-likeness (QED) is 0.101. The van der Waals surface area contributed by atoms with Crippen LogP contribution in [0.5, 0.6) is 0 Å². The number of aliphatic hydroxyl groups excluding tert-OH is 4. The van der Waals surface area contributed by atoms with Crippen molar-refractivity contribution in [1.82, 2.24) is 5.32 Å². The Morgan fingerprint density at radius 1 is 0.688 bits per heavy atom. The number of ether oxygens (including phenoxy) is 1. The van der Waals surface area contributed by atoms with Gasteiger partial charge in [-0.3, -0.25) is 4.79 Å². The number of aliphatic hydroxyl groups is 4. The van der Waals surface area contributed by atoms with Crippen LogP contribution in [0.25, 0.3) is 0 Å². The van der Waals surface area contributed by atoms with Crippen molar-refractivity contribution in [2.75, 3.05) is 33.0 Å². The Balaban J connectivity index is 4.21. The lowest BCUT2D eigenvalue weighted by atomic mass is 10.0. The molecule has 0 heterocycles. The van der Waals surface area contributed by atoms with Gasteiger partial charge in [-0.1, -0.05) is 50.7 Å². The Hall–Kier alpha value is -1.74. The normalized spacial score (nSPS) is 12.0. The van der Waals surface area contributed by atoms with E-state index in [2.05, 4.69) is 5.32 Å². The highest BCUT2D eigenvalue weighted by Crippen LogP contribution is 2.08. The van der Waals surface area contributed by atoms with Crippen molar-refractivity contribution in [3.63, 3.8) is 0 Å². The van der Waals surface area contributed by atoms with E-state index < -0.39 is 30.6 Å². The van der Waals surface area contributed by atoms with E-state index >= 15 is 0 Å². The second-order valence-electron chi connectivity index (χ2n) is 8.06. The highest BCUT2D eigenvalue weighted by atomic mass is 16.5. The summed E-state index contributed by atoms with van der Waals surface area (Å²) in [5, 5.41) is 39.3. The molecule has 0 fully saturated rings. The Bertz CT molecular complexity index is 530. The van der Waals surface area contributed by atoms with Crippen molar-refractivity contribution < 1.29 is 34.8 Å². The Morgan fingerprint density at radius 3 is 1.66 bits per heavy atom. The van der Waals surface area contributed by atoms with Gasteiger partial charge >= 0.3 is 5.97 Å². The number of hydrogen-bond acceptors (Lipinski definition) is 7. The standard InChI is InChI=1S/C24H43NO7/c26-17-13-9-5-1-3-7-11-15-22(30)25-24(19-28,20-29)21-32-23(31)16-12-8-4-2-6-10-14-18-27/h11-12,15-16,26-29H,1-10,13-14,17-21H2,(H,25,30). The van der Waals surface area contributed by atoms with Crippen LogP contribution in [0, 0.1) is 0 Å². The highest BCUT2D eigenvalue weighted by molar-refractivity contribution is 5.88. The molecular weight excluding hydrogens is 414 g/mol. The van der Waals surface area contributed by atoms with Gasteiger partial charge in [-0.05, 0) is 44.6 Å². The summed E-state index contributed by atoms with van der Waals surface area (Å²) in [6.07, 6.45) is 17.3. The van der Waals surface area contributed by atoms with Crippen LogP contribution in [-0.2, 0) is 14.3 Å². The zero-order valence-electron chi connectivity index (χ0n) is 19.3. The fourth-order valence-corrected chi connectivity index (χ4v) is 3.00. The maximum atomic E-state index is 12.1. The minimum atomic E-state index is -1.44. The van der Waals surface area contributed by atoms with Crippen LogP contribution in [0.1, 0.15) is 77.0 Å². The van der Waals surface area contributed by atoms with E-state index in [0.717, 1.165) is 77.0 Å². The molecule has 0 spiro atoms. The van der Waals surface area contributed by atoms with Crippen molar-refractivity contribution in [3.05, 3.63) is 24.3 Å². The van der Waals surface area contributed by atoms with Crippen LogP contribution in [0.3, 0.4) is 0 Å². The maximum absolute atomic E-state index is 12.1. The summed E-state index contributed by atoms with van der Waals surface area (Å²) >= 11 is 0. The molecule has 1 amide bonds. The number of amides is 1. The van der Waals surface area contributed by atoms with Gasteiger partial charge in [-0.2, -0.15) is 0 Å². The van der Waals surface area contributed by atoms with Gasteiger partial charge < -0.3 is 30.5 Å². The van der Waals surface area contributed by atoms with Crippen molar-refractivity contribution in [2.45, 2.75) is 82.6 Å². The summed E-state index contributed by atoms with van der Waals surface area (Å²) in [5.74, 6) is -1.07. The first-order valence-corrected chi connectivity index (χ1v) is 11.8. The second kappa shape index (κ2) is 21.1. The van der Waals surface area contributed by atoms with E-state index in [0.29, 0.717) is 0 Å². The molecule has 0 atom stereocenters. The van der Waals surface area contributed by atoms with E-state index in [-0.39, 0.29) is 19.8 Å². The minimum Gasteiger partial charge on any atom is -0.460 e. The lowest BCUT2D eigenvalue weighted by molar-refractivity contribution is -0.143. The molecule has 0 bridgehead atoms. The topological polar surface area (TPSA) is 136 Å². The van der Waals surface area contributed by atoms with Crippen LogP contribution in [0.4, 0.5) is 0 Å². The number of carbonyl (C=O) groups is 2. The number of rotatable bonds is 21. The number of unbranched alkanes of at least 4 members (excludes halogenated alkanes) is 10. The first kappa shape index (κ1) is 30.3. The Labute approximate surface area is 192 Å². The van der Waals surface area contributed by atoms with Gasteiger partial charge in [0.25, 0.3) is 0 Å². The smallest absolute Gasteiger partial charge is 0.330 e. The molecule has 0 aromatic heterocycles. The molecule has 0 aromatic rings. The molecule has 0 rings (SSSR count). The minimum absolute atomic E-state index is 0.218. The molecule has 0 unspecified atom stereocenters. The third-order valence-corrected chi connectivity index (χ3v) is 5.07. The molecular formula is C24H43NO7. The van der Waals surface area contributed by atoms with Gasteiger partial charge in [0.05, 0.1) is 13.2 Å². The molecule has 32 heavy (non-hydrogen) atoms. The Kier molecular flexibility index (Phi) is 20.0. The monoisotopic (exact) mass is 457 g/mol. The third kappa shape index (κ3) is 16.9. The van der Waals surface area contributed by atoms with E-state index in [4.69, 9.17) is 14.9 Å². The molecule has 5 N–H and O–H groups in total. The Morgan fingerprint density at radius 2 is 1.16 bits per heavy atom. The highest BCUT2D eigenvalue weighted by Gasteiger charge is 2.31. The first-order valence-electron chi connectivity index (χ1n) is 11.8. The van der Waals surface area contributed by atoms with Gasteiger partial charge in [-0.25, -0.2) is 4.79 Å². The molecule has 0 radical (unpaired) electrons. The average molecular weight is 458 g/mol. The maximum Gasteiger partial charge on any atom is 0.330 e. The summed E-state index contributed by atoms with van der Waals surface area (Å²) in [5.41, 5.74) is -1.44. The predicted molar refractivity (Wildman–Crippen MR) is 124 cm³/mol. The van der Waals surface area contributed by atoms with E-state index in [1.54, 1.807) is 12.2 Å². The van der Waals surface area contributed by atoms with Crippen molar-refractivity contribution in [3.8, 4) is 0 Å². The summed E-state index contributed by atoms with van der Waals surface area (Å²) < 4.78 is 5.11. The van der Waals surface area contributed by atoms with Gasteiger partial charge in [0, 0.05) is 19.3 Å². The molecule has 0 saturated carbocycles. The van der Waals surface area contributed by atoms with Crippen LogP contribution in [0.15, 0.2) is 24.3 Å². The summed E-state index contributed by atoms with van der Waals surface area (Å²) in [6.45, 7) is -1.04. The summed E-state index contributed by atoms with van der Waals surface area (Å²) in [7, 11) is 0. The predicted octanol–water partition coefficient (Wildman–Crippen LogP) is 2.15. The van der Waals surface area contributed by atoms with E-state index in [1.807, 2.05) is 0 Å². The molecule has 8 nitrogen and oxygen atoms in total. The lowest BCUT2D eigenvalue weighted by Gasteiger charge is -2.29. The average Bonchev–Trinajstić information content (AvgIpc) is 2.80. The van der Waals surface area contributed by atoms with Crippen molar-refractivity contribution in [2.24, 2.45) is 0 Å². The SMILES string of the molecule is O=C(C=CCCCCCCCO)NC(CO)(CO)COC(=O)C=CCCCCCCCO. The van der Waals surface area contributed by atoms with Crippen LogP contribution in [-0.4, -0.2) is 70.9 Å². The molecule has 0 aliphatic rings. The lowest BCUT2D eigenvalue weighted by Crippen LogP contribution is -2.57. The van der Waals surface area contributed by atoms with Crippen LogP contribution >= 0.6 is 0 Å². The molecule has 0 saturated heterocycles. The summed E-state index contributed by atoms with van der Waals surface area (Å²) in [4.78, 5) is 24.0. The summed E-state index contributed by atoms with van der Waals surface area (Å²) in [6, 6.07) is 0. The van der Waals surface area contributed by atoms with Crippen molar-refractivity contribution >= 4 is 11.9 Å². The molecule has 0 aliphatic carbocycles. The number of carbonyl (C=O) groups excluding carboxylic acids is 2. The third-order valence-electron chi connectivity index (χ3n) is 5.07. The largest absolute Gasteiger partial charge is 0.460 e. The number of esters is 1. The molecule has 0 aliphatic heterocycles. The van der Waals surface area contributed by atoms with Crippen LogP contribution in [0.2, 0.25) is 0 Å². The molecule has 0 aromatic carbocycles. The zero-order chi connectivity index (χ0) is 23.9. The first-order chi connectivity index (χ1) is 15.5. The van der Waals surface area contributed by atoms with Gasteiger partial charge in [0.15, 0.2) is 0 Å². The number of hydrogen-bond donors (Lipinski definition) is 5.